The fourth-order valence-corrected chi connectivity index (χ4v) is 4.56. The van der Waals surface area contributed by atoms with E-state index in [0.29, 0.717) is 28.5 Å². The molecule has 25 heavy (non-hydrogen) atoms. The van der Waals surface area contributed by atoms with Crippen LogP contribution in [0.4, 0.5) is 11.5 Å². The number of rotatable bonds is 4. The molecule has 2 aliphatic rings. The van der Waals surface area contributed by atoms with E-state index in [2.05, 4.69) is 18.0 Å². The van der Waals surface area contributed by atoms with Crippen LogP contribution in [0.3, 0.4) is 0 Å². The molecule has 1 saturated carbocycles. The van der Waals surface area contributed by atoms with Gasteiger partial charge in [0.25, 0.3) is 5.56 Å². The average molecular weight is 376 g/mol. The van der Waals surface area contributed by atoms with Crippen molar-refractivity contribution in [3.8, 4) is 0 Å². The Morgan fingerprint density at radius 1 is 1.36 bits per heavy atom. The molecule has 4 rings (SSSR count). The lowest BCUT2D eigenvalue weighted by Crippen LogP contribution is -2.32. The summed E-state index contributed by atoms with van der Waals surface area (Å²) in [5, 5.41) is 1.01. The molecule has 1 aliphatic carbocycles. The van der Waals surface area contributed by atoms with Gasteiger partial charge in [0.05, 0.1) is 10.7 Å². The van der Waals surface area contributed by atoms with Crippen LogP contribution in [0.15, 0.2) is 23.1 Å². The van der Waals surface area contributed by atoms with Crippen LogP contribution in [0.25, 0.3) is 0 Å². The Kier molecular flexibility index (Phi) is 4.32. The predicted octanol–water partition coefficient (Wildman–Crippen LogP) is 2.86. The van der Waals surface area contributed by atoms with Gasteiger partial charge in [-0.2, -0.15) is 0 Å². The van der Waals surface area contributed by atoms with Crippen molar-refractivity contribution in [3.63, 3.8) is 0 Å². The van der Waals surface area contributed by atoms with Crippen LogP contribution in [0.5, 0.6) is 0 Å². The summed E-state index contributed by atoms with van der Waals surface area (Å²) in [7, 11) is 2.03. The molecular weight excluding hydrogens is 356 g/mol. The molecule has 7 heteroatoms. The van der Waals surface area contributed by atoms with E-state index in [1.165, 1.54) is 12.8 Å². The van der Waals surface area contributed by atoms with Gasteiger partial charge in [0.15, 0.2) is 0 Å². The molecule has 2 aromatic rings. The zero-order chi connectivity index (χ0) is 17.7. The van der Waals surface area contributed by atoms with Gasteiger partial charge in [-0.05, 0) is 43.2 Å². The molecule has 1 aliphatic heterocycles. The largest absolute Gasteiger partial charge is 0.320 e. The van der Waals surface area contributed by atoms with Crippen LogP contribution < -0.4 is 15.9 Å². The van der Waals surface area contributed by atoms with Crippen LogP contribution in [0.2, 0.25) is 10.2 Å². The van der Waals surface area contributed by atoms with Crippen LogP contribution in [0, 0.1) is 5.92 Å². The van der Waals surface area contributed by atoms with Crippen molar-refractivity contribution in [2.45, 2.75) is 38.6 Å². The number of fused-ring (bicyclic) bond motifs is 1. The molecule has 0 saturated heterocycles. The van der Waals surface area contributed by atoms with E-state index in [1.54, 1.807) is 10.8 Å². The van der Waals surface area contributed by atoms with Crippen molar-refractivity contribution in [2.24, 2.45) is 5.92 Å². The molecule has 130 valence electrons. The van der Waals surface area contributed by atoms with Crippen LogP contribution >= 0.6 is 23.2 Å². The van der Waals surface area contributed by atoms with E-state index in [-0.39, 0.29) is 11.6 Å². The molecule has 4 nitrogen and oxygen atoms in total. The fraction of sp³-hybridized carbons (Fsp3) is 0.444. The van der Waals surface area contributed by atoms with Crippen LogP contribution in [-0.2, 0) is 6.42 Å². The van der Waals surface area contributed by atoms with Gasteiger partial charge in [-0.15, -0.1) is 0 Å². The molecule has 0 bridgehead atoms. The number of benzene rings is 1. The number of anilines is 2. The van der Waals surface area contributed by atoms with Gasteiger partial charge in [0.2, 0.25) is 5.82 Å². The molecule has 0 N–H and O–H groups in total. The number of halogens is 2. The van der Waals surface area contributed by atoms with Gasteiger partial charge in [0, 0.05) is 18.8 Å². The normalized spacial score (nSPS) is 17.6. The number of hydrogen-bond acceptors (Lipinski definition) is 3. The summed E-state index contributed by atoms with van der Waals surface area (Å²) < 4.78 is 1.79. The Hall–Kier alpha value is -1.46. The summed E-state index contributed by atoms with van der Waals surface area (Å²) >= 11 is 12.8. The van der Waals surface area contributed by atoms with Crippen molar-refractivity contribution in [1.82, 2.24) is 9.55 Å². The van der Waals surface area contributed by atoms with E-state index in [4.69, 9.17) is 23.2 Å². The Morgan fingerprint density at radius 2 is 2.12 bits per heavy atom. The highest BCUT2D eigenvalue weighted by Crippen LogP contribution is 2.42. The monoisotopic (exact) mass is 375 g/mol. The van der Waals surface area contributed by atoms with Gasteiger partial charge in [0.1, 0.15) is 13.0 Å². The topological polar surface area (TPSA) is 38.1 Å². The summed E-state index contributed by atoms with van der Waals surface area (Å²) in [6.45, 7) is 2.82. The highest BCUT2D eigenvalue weighted by atomic mass is 35.5. The molecule has 1 atom stereocenters. The fourth-order valence-electron chi connectivity index (χ4n) is 3.98. The van der Waals surface area contributed by atoms with Gasteiger partial charge in [-0.25, -0.2) is 4.98 Å². The lowest BCUT2D eigenvalue weighted by atomic mass is 9.93. The second kappa shape index (κ2) is 6.37. The maximum Gasteiger partial charge on any atom is 0.294 e. The molecule has 2 heterocycles. The smallest absolute Gasteiger partial charge is 0.294 e. The Morgan fingerprint density at radius 3 is 2.80 bits per heavy atom. The summed E-state index contributed by atoms with van der Waals surface area (Å²) in [4.78, 5) is 19.5. The van der Waals surface area contributed by atoms with Crippen molar-refractivity contribution in [3.05, 3.63) is 44.4 Å². The van der Waals surface area contributed by atoms with Gasteiger partial charge < -0.3 is 9.47 Å². The number of hydrogen-bond donors (Lipinski definition) is 0. The van der Waals surface area contributed by atoms with Crippen molar-refractivity contribution < 1.29 is 0 Å². The first kappa shape index (κ1) is 17.0. The lowest BCUT2D eigenvalue weighted by molar-refractivity contribution is 0.419. The van der Waals surface area contributed by atoms with Crippen molar-refractivity contribution in [1.29, 1.82) is 0 Å². The Balaban J connectivity index is 1.83. The molecule has 1 aromatic carbocycles. The molecule has 0 unspecified atom stereocenters. The second-order valence-corrected chi connectivity index (χ2v) is 7.86. The summed E-state index contributed by atoms with van der Waals surface area (Å²) in [5.74, 6) is 0.960. The first-order valence-electron chi connectivity index (χ1n) is 8.84. The standard InChI is InChI=1S/C18H20BCl2N3O/c1-2-14(10-3-4-10)24-9-15(21)22-17(18(24)25)23-6-5-11-7-12(19)8-13(20)16(11)23/h7-10,14H,2-6,19H2,1H3/t14-/m1/s1. The maximum atomic E-state index is 13.2. The zero-order valence-electron chi connectivity index (χ0n) is 14.4. The zero-order valence-corrected chi connectivity index (χ0v) is 15.9. The first-order valence-corrected chi connectivity index (χ1v) is 9.60. The highest BCUT2D eigenvalue weighted by Gasteiger charge is 2.34. The quantitative estimate of drug-likeness (QED) is 0.771. The predicted molar refractivity (Wildman–Crippen MR) is 106 cm³/mol. The minimum absolute atomic E-state index is 0.0763. The Labute approximate surface area is 158 Å². The molecule has 0 spiro atoms. The average Bonchev–Trinajstić information content (AvgIpc) is 3.30. The van der Waals surface area contributed by atoms with Gasteiger partial charge in [-0.3, -0.25) is 4.79 Å². The molecule has 0 amide bonds. The molecule has 0 radical (unpaired) electrons. The van der Waals surface area contributed by atoms with Crippen LogP contribution in [0.1, 0.15) is 37.8 Å². The minimum atomic E-state index is -0.0763. The SMILES string of the molecule is Bc1cc(Cl)c2c(c1)CCN2c1nc(Cl)cn([C@H](CC)C2CC2)c1=O. The Bertz CT molecular complexity index is 895. The summed E-state index contributed by atoms with van der Waals surface area (Å²) in [6.07, 6.45) is 5.81. The third-order valence-corrected chi connectivity index (χ3v) is 5.71. The molecule has 1 aromatic heterocycles. The third kappa shape index (κ3) is 2.98. The number of nitrogens with zero attached hydrogens (tertiary/aromatic N) is 3. The molecular formula is C18H20BCl2N3O. The third-order valence-electron chi connectivity index (χ3n) is 5.24. The van der Waals surface area contributed by atoms with E-state index in [0.717, 1.165) is 29.6 Å². The summed E-state index contributed by atoms with van der Waals surface area (Å²) in [6, 6.07) is 4.26. The highest BCUT2D eigenvalue weighted by molar-refractivity contribution is 6.38. The maximum absolute atomic E-state index is 13.2. The van der Waals surface area contributed by atoms with Gasteiger partial charge in [-0.1, -0.05) is 41.7 Å². The summed E-state index contributed by atoms with van der Waals surface area (Å²) in [5.41, 5.74) is 3.10. The van der Waals surface area contributed by atoms with Crippen molar-refractivity contribution in [2.75, 3.05) is 11.4 Å². The first-order chi connectivity index (χ1) is 12.0. The second-order valence-electron chi connectivity index (χ2n) is 7.07. The van der Waals surface area contributed by atoms with E-state index in [1.807, 2.05) is 18.8 Å². The van der Waals surface area contributed by atoms with Gasteiger partial charge >= 0.3 is 0 Å². The van der Waals surface area contributed by atoms with E-state index in [9.17, 15) is 4.79 Å². The number of aromatic nitrogens is 2. The van der Waals surface area contributed by atoms with E-state index >= 15 is 0 Å². The van der Waals surface area contributed by atoms with Crippen molar-refractivity contribution >= 4 is 48.0 Å². The van der Waals surface area contributed by atoms with Crippen LogP contribution in [-0.4, -0.2) is 23.9 Å². The lowest BCUT2D eigenvalue weighted by Gasteiger charge is -2.23. The molecule has 1 fully saturated rings. The minimum Gasteiger partial charge on any atom is -0.320 e. The van der Waals surface area contributed by atoms with E-state index < -0.39 is 0 Å².